The minimum Gasteiger partial charge on any atom is -0.378 e. The first-order chi connectivity index (χ1) is 8.24. The first-order valence-corrected chi connectivity index (χ1v) is 5.90. The van der Waals surface area contributed by atoms with Crippen LogP contribution in [0, 0.1) is 13.8 Å². The molecular formula is C12H16N4O. The van der Waals surface area contributed by atoms with Crippen molar-refractivity contribution in [3.63, 3.8) is 0 Å². The molecule has 0 atom stereocenters. The first-order valence-electron chi connectivity index (χ1n) is 5.90. The Morgan fingerprint density at radius 2 is 2.00 bits per heavy atom. The molecule has 0 saturated carbocycles. The van der Waals surface area contributed by atoms with Crippen LogP contribution < -0.4 is 4.90 Å². The van der Waals surface area contributed by atoms with Gasteiger partial charge in [0.2, 0.25) is 0 Å². The van der Waals surface area contributed by atoms with Crippen molar-refractivity contribution in [2.45, 2.75) is 13.8 Å². The van der Waals surface area contributed by atoms with E-state index in [4.69, 9.17) is 4.74 Å². The van der Waals surface area contributed by atoms with E-state index in [1.165, 1.54) is 0 Å². The minimum atomic E-state index is 0.779. The Bertz CT molecular complexity index is 543. The summed E-state index contributed by atoms with van der Waals surface area (Å²) >= 11 is 0. The number of aromatic nitrogens is 3. The van der Waals surface area contributed by atoms with Gasteiger partial charge in [0.25, 0.3) is 0 Å². The molecule has 0 radical (unpaired) electrons. The molecule has 1 fully saturated rings. The summed E-state index contributed by atoms with van der Waals surface area (Å²) in [5.74, 6) is 1.01. The van der Waals surface area contributed by atoms with Crippen LogP contribution in [0.5, 0.6) is 0 Å². The molecule has 1 saturated heterocycles. The van der Waals surface area contributed by atoms with Gasteiger partial charge in [-0.05, 0) is 25.5 Å². The standard InChI is InChI=1S/C12H16N4O/c1-9-7-11(15-3-5-17-6-4-15)14-16-8-10(2)13-12(9)16/h7-8H,3-6H2,1-2H3. The monoisotopic (exact) mass is 232 g/mol. The highest BCUT2D eigenvalue weighted by Crippen LogP contribution is 2.17. The Labute approximate surface area is 100 Å². The molecule has 90 valence electrons. The van der Waals surface area contributed by atoms with Gasteiger partial charge in [0.15, 0.2) is 5.65 Å². The van der Waals surface area contributed by atoms with Gasteiger partial charge in [-0.2, -0.15) is 0 Å². The van der Waals surface area contributed by atoms with Gasteiger partial charge in [-0.1, -0.05) is 0 Å². The van der Waals surface area contributed by atoms with E-state index in [0.29, 0.717) is 0 Å². The summed E-state index contributed by atoms with van der Waals surface area (Å²) < 4.78 is 7.22. The average Bonchev–Trinajstić information content (AvgIpc) is 2.71. The van der Waals surface area contributed by atoms with Gasteiger partial charge in [0.1, 0.15) is 5.82 Å². The lowest BCUT2D eigenvalue weighted by atomic mass is 10.3. The van der Waals surface area contributed by atoms with Crippen LogP contribution in [0.25, 0.3) is 5.65 Å². The number of hydrogen-bond donors (Lipinski definition) is 0. The number of fused-ring (bicyclic) bond motifs is 1. The number of hydrogen-bond acceptors (Lipinski definition) is 4. The molecule has 1 aliphatic rings. The summed E-state index contributed by atoms with van der Waals surface area (Å²) in [6.07, 6.45) is 1.96. The lowest BCUT2D eigenvalue weighted by Gasteiger charge is -2.27. The van der Waals surface area contributed by atoms with Gasteiger partial charge in [-0.3, -0.25) is 0 Å². The third-order valence-corrected chi connectivity index (χ3v) is 3.05. The fraction of sp³-hybridized carbons (Fsp3) is 0.500. The SMILES string of the molecule is Cc1cn2nc(N3CCOCC3)cc(C)c2n1. The fourth-order valence-electron chi connectivity index (χ4n) is 2.17. The van der Waals surface area contributed by atoms with Crippen molar-refractivity contribution in [2.75, 3.05) is 31.2 Å². The fourth-order valence-corrected chi connectivity index (χ4v) is 2.17. The lowest BCUT2D eigenvalue weighted by Crippen LogP contribution is -2.37. The minimum absolute atomic E-state index is 0.779. The van der Waals surface area contributed by atoms with Gasteiger partial charge in [0, 0.05) is 13.1 Å². The van der Waals surface area contributed by atoms with E-state index in [-0.39, 0.29) is 0 Å². The number of morpholine rings is 1. The van der Waals surface area contributed by atoms with E-state index >= 15 is 0 Å². The third kappa shape index (κ3) is 1.86. The van der Waals surface area contributed by atoms with Crippen molar-refractivity contribution >= 4 is 11.5 Å². The van der Waals surface area contributed by atoms with Gasteiger partial charge >= 0.3 is 0 Å². The molecule has 5 nitrogen and oxygen atoms in total. The second-order valence-corrected chi connectivity index (χ2v) is 4.44. The number of ether oxygens (including phenoxy) is 1. The average molecular weight is 232 g/mol. The maximum atomic E-state index is 5.35. The first kappa shape index (κ1) is 10.5. The van der Waals surface area contributed by atoms with E-state index in [1.807, 2.05) is 17.6 Å². The topological polar surface area (TPSA) is 42.7 Å². The third-order valence-electron chi connectivity index (χ3n) is 3.05. The second kappa shape index (κ2) is 4.00. The maximum absolute atomic E-state index is 5.35. The molecule has 0 unspecified atom stereocenters. The molecule has 17 heavy (non-hydrogen) atoms. The van der Waals surface area contributed by atoms with Gasteiger partial charge < -0.3 is 9.64 Å². The number of anilines is 1. The van der Waals surface area contributed by atoms with Crippen LogP contribution in [0.3, 0.4) is 0 Å². The largest absolute Gasteiger partial charge is 0.378 e. The van der Waals surface area contributed by atoms with Crippen LogP contribution in [0.4, 0.5) is 5.82 Å². The second-order valence-electron chi connectivity index (χ2n) is 4.44. The Kier molecular flexibility index (Phi) is 2.48. The van der Waals surface area contributed by atoms with Crippen molar-refractivity contribution in [1.82, 2.24) is 14.6 Å². The van der Waals surface area contributed by atoms with Crippen LogP contribution in [-0.4, -0.2) is 40.9 Å². The predicted octanol–water partition coefficient (Wildman–Crippen LogP) is 1.18. The molecule has 1 aliphatic heterocycles. The van der Waals surface area contributed by atoms with E-state index < -0.39 is 0 Å². The molecule has 3 rings (SSSR count). The van der Waals surface area contributed by atoms with E-state index in [2.05, 4.69) is 28.0 Å². The number of nitrogens with zero attached hydrogens (tertiary/aromatic N) is 4. The molecule has 2 aromatic rings. The van der Waals surface area contributed by atoms with Crippen LogP contribution in [-0.2, 0) is 4.74 Å². The maximum Gasteiger partial charge on any atom is 0.156 e. The van der Waals surface area contributed by atoms with Gasteiger partial charge in [0.05, 0.1) is 25.1 Å². The van der Waals surface area contributed by atoms with Crippen LogP contribution in [0.15, 0.2) is 12.3 Å². The van der Waals surface area contributed by atoms with E-state index in [1.54, 1.807) is 0 Å². The molecule has 0 aliphatic carbocycles. The van der Waals surface area contributed by atoms with E-state index in [9.17, 15) is 0 Å². The molecule has 0 aromatic carbocycles. The highest BCUT2D eigenvalue weighted by Gasteiger charge is 2.14. The Morgan fingerprint density at radius 1 is 1.24 bits per heavy atom. The summed E-state index contributed by atoms with van der Waals surface area (Å²) in [6.45, 7) is 7.44. The predicted molar refractivity (Wildman–Crippen MR) is 65.5 cm³/mol. The summed E-state index contributed by atoms with van der Waals surface area (Å²) in [6, 6.07) is 2.10. The Hall–Kier alpha value is -1.62. The van der Waals surface area contributed by atoms with Crippen molar-refractivity contribution < 1.29 is 4.74 Å². The highest BCUT2D eigenvalue weighted by atomic mass is 16.5. The summed E-state index contributed by atoms with van der Waals surface area (Å²) in [7, 11) is 0. The van der Waals surface area contributed by atoms with Gasteiger partial charge in [-0.25, -0.2) is 9.50 Å². The smallest absolute Gasteiger partial charge is 0.156 e. The quantitative estimate of drug-likeness (QED) is 0.740. The zero-order chi connectivity index (χ0) is 11.8. The normalized spacial score (nSPS) is 16.7. The Balaban J connectivity index is 2.04. The molecule has 0 spiro atoms. The highest BCUT2D eigenvalue weighted by molar-refractivity contribution is 5.53. The zero-order valence-corrected chi connectivity index (χ0v) is 10.2. The van der Waals surface area contributed by atoms with Crippen molar-refractivity contribution in [3.8, 4) is 0 Å². The van der Waals surface area contributed by atoms with Crippen LogP contribution in [0.1, 0.15) is 11.3 Å². The van der Waals surface area contributed by atoms with Crippen LogP contribution >= 0.6 is 0 Å². The molecule has 0 bridgehead atoms. The van der Waals surface area contributed by atoms with E-state index in [0.717, 1.165) is 49.0 Å². The molecular weight excluding hydrogens is 216 g/mol. The molecule has 3 heterocycles. The number of aryl methyl sites for hydroxylation is 2. The number of rotatable bonds is 1. The molecule has 2 aromatic heterocycles. The van der Waals surface area contributed by atoms with Crippen molar-refractivity contribution in [2.24, 2.45) is 0 Å². The Morgan fingerprint density at radius 3 is 2.76 bits per heavy atom. The number of imidazole rings is 1. The molecule has 5 heteroatoms. The lowest BCUT2D eigenvalue weighted by molar-refractivity contribution is 0.122. The molecule has 0 N–H and O–H groups in total. The summed E-state index contributed by atoms with van der Waals surface area (Å²) in [4.78, 5) is 6.71. The van der Waals surface area contributed by atoms with Crippen LogP contribution in [0.2, 0.25) is 0 Å². The summed E-state index contributed by atoms with van der Waals surface area (Å²) in [5, 5.41) is 4.61. The van der Waals surface area contributed by atoms with Crippen molar-refractivity contribution in [1.29, 1.82) is 0 Å². The van der Waals surface area contributed by atoms with Crippen molar-refractivity contribution in [3.05, 3.63) is 23.5 Å². The summed E-state index contributed by atoms with van der Waals surface area (Å²) in [5.41, 5.74) is 3.11. The molecule has 0 amide bonds. The van der Waals surface area contributed by atoms with Gasteiger partial charge in [-0.15, -0.1) is 5.10 Å². The zero-order valence-electron chi connectivity index (χ0n) is 10.2.